The van der Waals surface area contributed by atoms with Crippen LogP contribution < -0.4 is 0 Å². The van der Waals surface area contributed by atoms with Gasteiger partial charge in [0, 0.05) is 41.9 Å². The third kappa shape index (κ3) is 6.32. The fourth-order valence-electron chi connectivity index (χ4n) is 1.83. The SMILES string of the molecule is CCOC(CCS(=O)Cc1ccccc1C)OCC. The lowest BCUT2D eigenvalue weighted by molar-refractivity contribution is -0.136. The van der Waals surface area contributed by atoms with Gasteiger partial charge in [-0.15, -0.1) is 0 Å². The minimum Gasteiger partial charge on any atom is -0.353 e. The van der Waals surface area contributed by atoms with Crippen molar-refractivity contribution in [2.24, 2.45) is 0 Å². The van der Waals surface area contributed by atoms with Crippen LogP contribution in [-0.4, -0.2) is 29.5 Å². The molecule has 0 heterocycles. The third-order valence-electron chi connectivity index (χ3n) is 2.86. The van der Waals surface area contributed by atoms with Crippen molar-refractivity contribution in [2.75, 3.05) is 19.0 Å². The zero-order valence-electron chi connectivity index (χ0n) is 12.1. The van der Waals surface area contributed by atoms with Crippen molar-refractivity contribution in [1.82, 2.24) is 0 Å². The van der Waals surface area contributed by atoms with E-state index < -0.39 is 10.8 Å². The van der Waals surface area contributed by atoms with E-state index >= 15 is 0 Å². The van der Waals surface area contributed by atoms with Gasteiger partial charge in [0.05, 0.1) is 0 Å². The Morgan fingerprint density at radius 3 is 2.37 bits per heavy atom. The molecule has 0 N–H and O–H groups in total. The van der Waals surface area contributed by atoms with Gasteiger partial charge in [-0.3, -0.25) is 4.21 Å². The molecule has 1 unspecified atom stereocenters. The molecule has 0 radical (unpaired) electrons. The summed E-state index contributed by atoms with van der Waals surface area (Å²) in [7, 11) is -0.869. The maximum atomic E-state index is 12.1. The number of benzene rings is 1. The summed E-state index contributed by atoms with van der Waals surface area (Å²) in [6.45, 7) is 7.17. The first-order chi connectivity index (χ1) is 9.17. The van der Waals surface area contributed by atoms with Gasteiger partial charge >= 0.3 is 0 Å². The Morgan fingerprint density at radius 1 is 1.16 bits per heavy atom. The van der Waals surface area contributed by atoms with Crippen molar-refractivity contribution in [2.45, 2.75) is 39.2 Å². The summed E-state index contributed by atoms with van der Waals surface area (Å²) in [5.41, 5.74) is 2.35. The molecule has 19 heavy (non-hydrogen) atoms. The van der Waals surface area contributed by atoms with Crippen LogP contribution in [0, 0.1) is 6.92 Å². The standard InChI is InChI=1S/C15H24O3S/c1-4-17-15(18-5-2)10-11-19(16)12-14-9-7-6-8-13(14)3/h6-9,15H,4-5,10-12H2,1-3H3. The van der Waals surface area contributed by atoms with Crippen molar-refractivity contribution in [3.63, 3.8) is 0 Å². The summed E-state index contributed by atoms with van der Waals surface area (Å²) in [6, 6.07) is 8.08. The molecule has 0 aliphatic heterocycles. The van der Waals surface area contributed by atoms with Gasteiger partial charge in [0.25, 0.3) is 0 Å². The van der Waals surface area contributed by atoms with E-state index in [1.165, 1.54) is 5.56 Å². The summed E-state index contributed by atoms with van der Waals surface area (Å²) in [4.78, 5) is 0. The first-order valence-corrected chi connectivity index (χ1v) is 8.28. The lowest BCUT2D eigenvalue weighted by Gasteiger charge is -2.16. The van der Waals surface area contributed by atoms with E-state index in [9.17, 15) is 4.21 Å². The van der Waals surface area contributed by atoms with Gasteiger partial charge in [0.15, 0.2) is 6.29 Å². The van der Waals surface area contributed by atoms with Gasteiger partial charge in [-0.05, 0) is 31.9 Å². The maximum Gasteiger partial charge on any atom is 0.158 e. The third-order valence-corrected chi connectivity index (χ3v) is 4.19. The lowest BCUT2D eigenvalue weighted by atomic mass is 10.1. The summed E-state index contributed by atoms with van der Waals surface area (Å²) in [5, 5.41) is 0. The summed E-state index contributed by atoms with van der Waals surface area (Å²) in [5.74, 6) is 1.22. The zero-order chi connectivity index (χ0) is 14.1. The number of hydrogen-bond donors (Lipinski definition) is 0. The van der Waals surface area contributed by atoms with Crippen molar-refractivity contribution < 1.29 is 13.7 Å². The largest absolute Gasteiger partial charge is 0.353 e. The maximum absolute atomic E-state index is 12.1. The molecule has 108 valence electrons. The van der Waals surface area contributed by atoms with Gasteiger partial charge < -0.3 is 9.47 Å². The zero-order valence-corrected chi connectivity index (χ0v) is 12.9. The monoisotopic (exact) mass is 284 g/mol. The molecule has 0 aliphatic rings. The molecular formula is C15H24O3S. The highest BCUT2D eigenvalue weighted by Gasteiger charge is 2.11. The number of aryl methyl sites for hydroxylation is 1. The molecular weight excluding hydrogens is 260 g/mol. The molecule has 1 aromatic rings. The van der Waals surface area contributed by atoms with Crippen molar-refractivity contribution in [3.8, 4) is 0 Å². The highest BCUT2D eigenvalue weighted by molar-refractivity contribution is 7.84. The van der Waals surface area contributed by atoms with Crippen molar-refractivity contribution >= 4 is 10.8 Å². The van der Waals surface area contributed by atoms with Crippen LogP contribution in [0.4, 0.5) is 0 Å². The van der Waals surface area contributed by atoms with E-state index in [1.54, 1.807) is 0 Å². The van der Waals surface area contributed by atoms with Crippen LogP contribution >= 0.6 is 0 Å². The van der Waals surface area contributed by atoms with E-state index in [2.05, 4.69) is 13.0 Å². The highest BCUT2D eigenvalue weighted by atomic mass is 32.2. The smallest absolute Gasteiger partial charge is 0.158 e. The molecule has 0 aromatic heterocycles. The predicted octanol–water partition coefficient (Wildman–Crippen LogP) is 3.03. The highest BCUT2D eigenvalue weighted by Crippen LogP contribution is 2.11. The minimum atomic E-state index is -0.869. The second kappa shape index (κ2) is 9.23. The van der Waals surface area contributed by atoms with Crippen LogP contribution in [0.25, 0.3) is 0 Å². The predicted molar refractivity (Wildman–Crippen MR) is 79.5 cm³/mol. The lowest BCUT2D eigenvalue weighted by Crippen LogP contribution is -2.20. The Kier molecular flexibility index (Phi) is 7.94. The summed E-state index contributed by atoms with van der Waals surface area (Å²) >= 11 is 0. The fraction of sp³-hybridized carbons (Fsp3) is 0.600. The van der Waals surface area contributed by atoms with Crippen LogP contribution in [0.15, 0.2) is 24.3 Å². The van der Waals surface area contributed by atoms with E-state index in [0.717, 1.165) is 5.56 Å². The number of hydrogen-bond acceptors (Lipinski definition) is 3. The van der Waals surface area contributed by atoms with Crippen molar-refractivity contribution in [3.05, 3.63) is 35.4 Å². The van der Waals surface area contributed by atoms with E-state index in [1.807, 2.05) is 32.0 Å². The van der Waals surface area contributed by atoms with Gasteiger partial charge in [0.1, 0.15) is 0 Å². The average Bonchev–Trinajstić information content (AvgIpc) is 2.39. The van der Waals surface area contributed by atoms with Gasteiger partial charge in [-0.25, -0.2) is 0 Å². The first-order valence-electron chi connectivity index (χ1n) is 6.80. The molecule has 0 aliphatic carbocycles. The van der Waals surface area contributed by atoms with Crippen molar-refractivity contribution in [1.29, 1.82) is 0 Å². The van der Waals surface area contributed by atoms with Gasteiger partial charge in [0.2, 0.25) is 0 Å². The second-order valence-electron chi connectivity index (χ2n) is 4.34. The van der Waals surface area contributed by atoms with E-state index in [-0.39, 0.29) is 6.29 Å². The molecule has 4 heteroatoms. The molecule has 1 aromatic carbocycles. The Morgan fingerprint density at radius 2 is 1.79 bits per heavy atom. The normalized spacial score (nSPS) is 12.8. The van der Waals surface area contributed by atoms with Crippen LogP contribution in [0.5, 0.6) is 0 Å². The summed E-state index contributed by atoms with van der Waals surface area (Å²) in [6.07, 6.45) is 0.455. The summed E-state index contributed by atoms with van der Waals surface area (Å²) < 4.78 is 23.0. The Bertz CT molecular complexity index is 387. The average molecular weight is 284 g/mol. The van der Waals surface area contributed by atoms with Gasteiger partial charge in [-0.1, -0.05) is 24.3 Å². The van der Waals surface area contributed by atoms with Crippen LogP contribution in [-0.2, 0) is 26.0 Å². The Labute approximate surface area is 118 Å². The topological polar surface area (TPSA) is 35.5 Å². The molecule has 1 atom stereocenters. The molecule has 0 fully saturated rings. The molecule has 1 rings (SSSR count). The number of ether oxygens (including phenoxy) is 2. The first kappa shape index (κ1) is 16.3. The number of rotatable bonds is 9. The van der Waals surface area contributed by atoms with Crippen LogP contribution in [0.2, 0.25) is 0 Å². The van der Waals surface area contributed by atoms with E-state index in [0.29, 0.717) is 31.1 Å². The Hall–Kier alpha value is -0.710. The molecule has 3 nitrogen and oxygen atoms in total. The molecule has 0 spiro atoms. The quantitative estimate of drug-likeness (QED) is 0.654. The molecule has 0 bridgehead atoms. The molecule has 0 amide bonds. The fourth-order valence-corrected chi connectivity index (χ4v) is 3.10. The van der Waals surface area contributed by atoms with Crippen LogP contribution in [0.1, 0.15) is 31.4 Å². The van der Waals surface area contributed by atoms with E-state index in [4.69, 9.17) is 9.47 Å². The molecule has 0 saturated heterocycles. The second-order valence-corrected chi connectivity index (χ2v) is 5.92. The van der Waals surface area contributed by atoms with Gasteiger partial charge in [-0.2, -0.15) is 0 Å². The van der Waals surface area contributed by atoms with Crippen LogP contribution in [0.3, 0.4) is 0 Å². The molecule has 0 saturated carbocycles. The minimum absolute atomic E-state index is 0.226. The Balaban J connectivity index is 2.40.